The Morgan fingerprint density at radius 2 is 1.32 bits per heavy atom. The van der Waals surface area contributed by atoms with Gasteiger partial charge in [-0.1, -0.05) is 48.9 Å². The van der Waals surface area contributed by atoms with Crippen molar-refractivity contribution in [2.75, 3.05) is 18.6 Å². The molecule has 0 aliphatic carbocycles. The van der Waals surface area contributed by atoms with Gasteiger partial charge in [0.05, 0.1) is 6.04 Å². The first-order valence-corrected chi connectivity index (χ1v) is 14.9. The third-order valence-corrected chi connectivity index (χ3v) is 7.10. The highest BCUT2D eigenvalue weighted by Crippen LogP contribution is 2.13. The van der Waals surface area contributed by atoms with Crippen molar-refractivity contribution < 1.29 is 29.4 Å². The van der Waals surface area contributed by atoms with Crippen LogP contribution in [0.3, 0.4) is 0 Å². The summed E-state index contributed by atoms with van der Waals surface area (Å²) in [5.41, 5.74) is 13.0. The normalized spacial score (nSPS) is 13.8. The number of phenols is 1. The molecule has 224 valence electrons. The molecule has 0 saturated carbocycles. The quantitative estimate of drug-likeness (QED) is 0.124. The fourth-order valence-electron chi connectivity index (χ4n) is 4.09. The highest BCUT2D eigenvalue weighted by atomic mass is 32.2. The lowest BCUT2D eigenvalue weighted by Gasteiger charge is -2.25. The van der Waals surface area contributed by atoms with Gasteiger partial charge in [-0.05, 0) is 61.1 Å². The molecule has 0 heterocycles. The van der Waals surface area contributed by atoms with E-state index in [9.17, 15) is 29.4 Å². The number of phenolic OH excluding ortho intramolecular Hbond substituents is 1. The summed E-state index contributed by atoms with van der Waals surface area (Å²) in [5, 5.41) is 27.2. The fraction of sp³-hybridized carbons (Fsp3) is 0.448. The second kappa shape index (κ2) is 17.9. The Balaban J connectivity index is 2.28. The van der Waals surface area contributed by atoms with Crippen LogP contribution in [0.4, 0.5) is 0 Å². The average Bonchev–Trinajstić information content (AvgIpc) is 2.95. The van der Waals surface area contributed by atoms with Gasteiger partial charge in [0.2, 0.25) is 17.7 Å². The second-order valence-electron chi connectivity index (χ2n) is 9.75. The molecule has 2 aromatic rings. The zero-order valence-electron chi connectivity index (χ0n) is 23.3. The lowest BCUT2D eigenvalue weighted by Crippen LogP contribution is -2.58. The number of carbonyl (C=O) groups excluding carboxylic acids is 3. The number of rotatable bonds is 18. The number of benzene rings is 2. The van der Waals surface area contributed by atoms with Gasteiger partial charge in [0.25, 0.3) is 0 Å². The van der Waals surface area contributed by atoms with Gasteiger partial charge in [0.1, 0.15) is 23.9 Å². The Morgan fingerprint density at radius 3 is 1.85 bits per heavy atom. The van der Waals surface area contributed by atoms with Crippen LogP contribution in [0, 0.1) is 0 Å². The maximum atomic E-state index is 13.6. The number of carbonyl (C=O) groups is 4. The van der Waals surface area contributed by atoms with Gasteiger partial charge < -0.3 is 37.6 Å². The van der Waals surface area contributed by atoms with E-state index in [1.165, 1.54) is 23.9 Å². The Kier molecular flexibility index (Phi) is 14.7. The summed E-state index contributed by atoms with van der Waals surface area (Å²) in [4.78, 5) is 51.6. The molecular formula is C29H41N5O6S. The Hall–Kier alpha value is -3.61. The monoisotopic (exact) mass is 587 g/mol. The van der Waals surface area contributed by atoms with Crippen LogP contribution in [0.25, 0.3) is 0 Å². The van der Waals surface area contributed by atoms with Crippen molar-refractivity contribution in [3.8, 4) is 5.75 Å². The molecule has 4 atom stereocenters. The Labute approximate surface area is 244 Å². The SMILES string of the molecule is CSCCC(NC(=O)C(Cc1ccc(O)cc1)NC(=O)C(Cc1ccccc1)NC(=O)C(N)CCCCN)C(=O)O. The summed E-state index contributed by atoms with van der Waals surface area (Å²) in [7, 11) is 0. The first-order chi connectivity index (χ1) is 19.6. The van der Waals surface area contributed by atoms with E-state index in [4.69, 9.17) is 11.5 Å². The maximum absolute atomic E-state index is 13.6. The molecule has 0 spiro atoms. The van der Waals surface area contributed by atoms with Gasteiger partial charge in [-0.25, -0.2) is 4.79 Å². The molecule has 0 fully saturated rings. The molecular weight excluding hydrogens is 546 g/mol. The predicted molar refractivity (Wildman–Crippen MR) is 159 cm³/mol. The molecule has 11 nitrogen and oxygen atoms in total. The van der Waals surface area contributed by atoms with E-state index < -0.39 is 47.9 Å². The number of unbranched alkanes of at least 4 members (excludes halogenated alkanes) is 1. The van der Waals surface area contributed by atoms with Crippen molar-refractivity contribution in [1.29, 1.82) is 0 Å². The minimum Gasteiger partial charge on any atom is -0.508 e. The van der Waals surface area contributed by atoms with E-state index in [1.54, 1.807) is 12.1 Å². The van der Waals surface area contributed by atoms with Crippen LogP contribution in [-0.2, 0) is 32.0 Å². The van der Waals surface area contributed by atoms with E-state index >= 15 is 0 Å². The topological polar surface area (TPSA) is 197 Å². The lowest BCUT2D eigenvalue weighted by atomic mass is 10.0. The van der Waals surface area contributed by atoms with Crippen molar-refractivity contribution in [2.24, 2.45) is 11.5 Å². The van der Waals surface area contributed by atoms with E-state index in [2.05, 4.69) is 16.0 Å². The van der Waals surface area contributed by atoms with Gasteiger partial charge in [0.15, 0.2) is 0 Å². The zero-order chi connectivity index (χ0) is 30.2. The van der Waals surface area contributed by atoms with E-state index in [0.717, 1.165) is 12.0 Å². The molecule has 4 unspecified atom stereocenters. The second-order valence-corrected chi connectivity index (χ2v) is 10.7. The van der Waals surface area contributed by atoms with Crippen LogP contribution < -0.4 is 27.4 Å². The van der Waals surface area contributed by atoms with Crippen LogP contribution in [0.2, 0.25) is 0 Å². The highest BCUT2D eigenvalue weighted by molar-refractivity contribution is 7.98. The van der Waals surface area contributed by atoms with Crippen molar-refractivity contribution >= 4 is 35.5 Å². The molecule has 0 aliphatic heterocycles. The van der Waals surface area contributed by atoms with Crippen molar-refractivity contribution in [1.82, 2.24) is 16.0 Å². The summed E-state index contributed by atoms with van der Waals surface area (Å²) in [6, 6.07) is 11.0. The molecule has 12 heteroatoms. The number of nitrogens with two attached hydrogens (primary N) is 2. The van der Waals surface area contributed by atoms with Crippen LogP contribution in [0.1, 0.15) is 36.8 Å². The van der Waals surface area contributed by atoms with E-state index in [1.807, 2.05) is 36.6 Å². The van der Waals surface area contributed by atoms with Gasteiger partial charge in [-0.15, -0.1) is 0 Å². The number of amides is 3. The van der Waals surface area contributed by atoms with Gasteiger partial charge in [-0.3, -0.25) is 14.4 Å². The first kappa shape index (κ1) is 33.6. The predicted octanol–water partition coefficient (Wildman–Crippen LogP) is 0.926. The van der Waals surface area contributed by atoms with Gasteiger partial charge in [-0.2, -0.15) is 11.8 Å². The molecule has 41 heavy (non-hydrogen) atoms. The van der Waals surface area contributed by atoms with Crippen molar-refractivity contribution in [3.05, 3.63) is 65.7 Å². The zero-order valence-corrected chi connectivity index (χ0v) is 24.1. The van der Waals surface area contributed by atoms with Crippen LogP contribution in [-0.4, -0.2) is 76.6 Å². The van der Waals surface area contributed by atoms with E-state index in [0.29, 0.717) is 30.7 Å². The molecule has 9 N–H and O–H groups in total. The van der Waals surface area contributed by atoms with E-state index in [-0.39, 0.29) is 25.0 Å². The number of nitrogens with one attached hydrogen (secondary N) is 3. The maximum Gasteiger partial charge on any atom is 0.326 e. The highest BCUT2D eigenvalue weighted by Gasteiger charge is 2.30. The molecule has 0 radical (unpaired) electrons. The largest absolute Gasteiger partial charge is 0.508 e. The van der Waals surface area contributed by atoms with Gasteiger partial charge in [0, 0.05) is 12.8 Å². The molecule has 2 aromatic carbocycles. The molecule has 0 aliphatic rings. The molecule has 0 aromatic heterocycles. The fourth-order valence-corrected chi connectivity index (χ4v) is 4.56. The third kappa shape index (κ3) is 12.2. The number of carboxylic acids is 1. The average molecular weight is 588 g/mol. The number of aromatic hydroxyl groups is 1. The lowest BCUT2D eigenvalue weighted by molar-refractivity contribution is -0.142. The molecule has 0 saturated heterocycles. The summed E-state index contributed by atoms with van der Waals surface area (Å²) in [5.74, 6) is -2.42. The summed E-state index contributed by atoms with van der Waals surface area (Å²) < 4.78 is 0. The molecule has 2 rings (SSSR count). The summed E-state index contributed by atoms with van der Waals surface area (Å²) >= 11 is 1.45. The number of carboxylic acid groups (broad SMARTS) is 1. The van der Waals surface area contributed by atoms with Gasteiger partial charge >= 0.3 is 5.97 Å². The van der Waals surface area contributed by atoms with Crippen LogP contribution in [0.15, 0.2) is 54.6 Å². The number of hydrogen-bond donors (Lipinski definition) is 7. The van der Waals surface area contributed by atoms with Crippen LogP contribution >= 0.6 is 11.8 Å². The Bertz CT molecular complexity index is 1120. The number of hydrogen-bond acceptors (Lipinski definition) is 8. The Morgan fingerprint density at radius 1 is 0.780 bits per heavy atom. The third-order valence-electron chi connectivity index (χ3n) is 6.46. The smallest absolute Gasteiger partial charge is 0.326 e. The van der Waals surface area contributed by atoms with Crippen LogP contribution in [0.5, 0.6) is 5.75 Å². The van der Waals surface area contributed by atoms with Crippen molar-refractivity contribution in [3.63, 3.8) is 0 Å². The summed E-state index contributed by atoms with van der Waals surface area (Å²) in [6.07, 6.45) is 4.00. The first-order valence-electron chi connectivity index (χ1n) is 13.5. The molecule has 0 bridgehead atoms. The summed E-state index contributed by atoms with van der Waals surface area (Å²) in [6.45, 7) is 0.484. The minimum absolute atomic E-state index is 0.0251. The number of aliphatic carboxylic acids is 1. The molecule has 3 amide bonds. The minimum atomic E-state index is -1.18. The van der Waals surface area contributed by atoms with Crippen molar-refractivity contribution in [2.45, 2.75) is 62.7 Å². The standard InChI is InChI=1S/C29H41N5O6S/c1-41-16-14-23(29(39)40)32-27(37)25(18-20-10-12-21(35)13-11-20)34-28(38)24(17-19-7-3-2-4-8-19)33-26(36)22(31)9-5-6-15-30/h2-4,7-8,10-13,22-25,35H,5-6,9,14-18,30-31H2,1H3,(H,32,37)(H,33,36)(H,34,38)(H,39,40). The number of thioether (sulfide) groups is 1.